The molecule has 116 valence electrons. The summed E-state index contributed by atoms with van der Waals surface area (Å²) in [6, 6.07) is 9.53. The van der Waals surface area contributed by atoms with E-state index in [4.69, 9.17) is 0 Å². The lowest BCUT2D eigenvalue weighted by molar-refractivity contribution is 0.0900. The quantitative estimate of drug-likeness (QED) is 0.684. The lowest BCUT2D eigenvalue weighted by Crippen LogP contribution is -2.37. The summed E-state index contributed by atoms with van der Waals surface area (Å²) in [6.45, 7) is 1.59. The molecule has 1 aromatic carbocycles. The molecule has 3 aromatic rings. The number of Topliss-reactive ketones (excluding diaryl/α,β-unsaturated/α-hetero) is 1. The van der Waals surface area contributed by atoms with Gasteiger partial charge in [-0.25, -0.2) is 0 Å². The minimum atomic E-state index is 0.0784. The van der Waals surface area contributed by atoms with E-state index in [9.17, 15) is 4.79 Å². The van der Waals surface area contributed by atoms with Crippen molar-refractivity contribution in [2.45, 2.75) is 12.8 Å². The molecule has 0 unspecified atom stereocenters. The van der Waals surface area contributed by atoms with Crippen LogP contribution in [0.1, 0.15) is 23.2 Å². The van der Waals surface area contributed by atoms with E-state index in [-0.39, 0.29) is 11.7 Å². The number of rotatable bonds is 3. The molecule has 0 atom stereocenters. The van der Waals surface area contributed by atoms with Gasteiger partial charge in [0.1, 0.15) is 0 Å². The topological polar surface area (TPSA) is 76.3 Å². The second-order valence-electron chi connectivity index (χ2n) is 5.71. The van der Waals surface area contributed by atoms with Crippen molar-refractivity contribution in [3.63, 3.8) is 0 Å². The number of carbonyl (C=O) groups excluding carboxylic acids is 1. The fourth-order valence-electron chi connectivity index (χ4n) is 3.09. The predicted molar refractivity (Wildman–Crippen MR) is 84.3 cm³/mol. The zero-order valence-corrected chi connectivity index (χ0v) is 12.5. The Kier molecular flexibility index (Phi) is 3.45. The third-order valence-electron chi connectivity index (χ3n) is 4.34. The SMILES string of the molecule is O=C(c1ccccc1)C1CCN(c2cncc3nnnn23)CC1. The molecule has 0 N–H and O–H groups in total. The third kappa shape index (κ3) is 2.54. The van der Waals surface area contributed by atoms with E-state index in [0.29, 0.717) is 5.65 Å². The Bertz CT molecular complexity index is 823. The van der Waals surface area contributed by atoms with Gasteiger partial charge in [-0.05, 0) is 23.3 Å². The van der Waals surface area contributed by atoms with Crippen LogP contribution < -0.4 is 4.90 Å². The van der Waals surface area contributed by atoms with Gasteiger partial charge >= 0.3 is 0 Å². The summed E-state index contributed by atoms with van der Waals surface area (Å²) < 4.78 is 1.69. The van der Waals surface area contributed by atoms with Gasteiger partial charge in [-0.2, -0.15) is 4.52 Å². The molecule has 7 nitrogen and oxygen atoms in total. The number of fused-ring (bicyclic) bond motifs is 1. The first-order valence-corrected chi connectivity index (χ1v) is 7.69. The van der Waals surface area contributed by atoms with Crippen LogP contribution in [-0.4, -0.2) is 43.9 Å². The molecule has 0 amide bonds. The molecule has 0 radical (unpaired) electrons. The van der Waals surface area contributed by atoms with E-state index in [1.165, 1.54) is 0 Å². The van der Waals surface area contributed by atoms with E-state index >= 15 is 0 Å². The normalized spacial score (nSPS) is 15.9. The smallest absolute Gasteiger partial charge is 0.199 e. The summed E-state index contributed by atoms with van der Waals surface area (Å²) in [6.07, 6.45) is 5.05. The first-order valence-electron chi connectivity index (χ1n) is 7.69. The molecule has 1 aliphatic heterocycles. The van der Waals surface area contributed by atoms with Crippen LogP contribution in [0.25, 0.3) is 5.65 Å². The maximum Gasteiger partial charge on any atom is 0.199 e. The molecule has 3 heterocycles. The van der Waals surface area contributed by atoms with Crippen LogP contribution in [-0.2, 0) is 0 Å². The summed E-state index contributed by atoms with van der Waals surface area (Å²) in [5, 5.41) is 11.6. The van der Waals surface area contributed by atoms with Crippen LogP contribution in [0.2, 0.25) is 0 Å². The zero-order valence-electron chi connectivity index (χ0n) is 12.5. The number of hydrogen-bond acceptors (Lipinski definition) is 6. The number of piperidine rings is 1. The van der Waals surface area contributed by atoms with Crippen LogP contribution in [0.5, 0.6) is 0 Å². The fraction of sp³-hybridized carbons (Fsp3) is 0.312. The molecule has 2 aromatic heterocycles. The second-order valence-corrected chi connectivity index (χ2v) is 5.71. The number of hydrogen-bond donors (Lipinski definition) is 0. The summed E-state index contributed by atoms with van der Waals surface area (Å²) in [5.74, 6) is 1.19. The monoisotopic (exact) mass is 308 g/mol. The molecule has 23 heavy (non-hydrogen) atoms. The van der Waals surface area contributed by atoms with Crippen molar-refractivity contribution in [2.75, 3.05) is 18.0 Å². The number of benzene rings is 1. The molecule has 7 heteroatoms. The highest BCUT2D eigenvalue weighted by molar-refractivity contribution is 5.97. The lowest BCUT2D eigenvalue weighted by atomic mass is 9.89. The van der Waals surface area contributed by atoms with E-state index < -0.39 is 0 Å². The van der Waals surface area contributed by atoms with Crippen LogP contribution in [0.4, 0.5) is 5.82 Å². The van der Waals surface area contributed by atoms with Crippen LogP contribution in [0.3, 0.4) is 0 Å². The molecule has 1 saturated heterocycles. The molecule has 4 rings (SSSR count). The average Bonchev–Trinajstić information content (AvgIpc) is 3.11. The van der Waals surface area contributed by atoms with Gasteiger partial charge in [0.2, 0.25) is 0 Å². The van der Waals surface area contributed by atoms with Crippen molar-refractivity contribution in [1.29, 1.82) is 0 Å². The Morgan fingerprint density at radius 1 is 1.09 bits per heavy atom. The molecular weight excluding hydrogens is 292 g/mol. The molecular formula is C16H16N6O. The molecule has 1 fully saturated rings. The second kappa shape index (κ2) is 5.75. The average molecular weight is 308 g/mol. The van der Waals surface area contributed by atoms with Crippen molar-refractivity contribution in [3.8, 4) is 0 Å². The van der Waals surface area contributed by atoms with Gasteiger partial charge in [-0.1, -0.05) is 30.3 Å². The highest BCUT2D eigenvalue weighted by atomic mass is 16.1. The van der Waals surface area contributed by atoms with E-state index in [1.807, 2.05) is 30.3 Å². The first kappa shape index (κ1) is 13.8. The van der Waals surface area contributed by atoms with Crippen molar-refractivity contribution in [1.82, 2.24) is 25.0 Å². The van der Waals surface area contributed by atoms with Crippen molar-refractivity contribution < 1.29 is 4.79 Å². The van der Waals surface area contributed by atoms with Crippen LogP contribution in [0.15, 0.2) is 42.7 Å². The van der Waals surface area contributed by atoms with Gasteiger partial charge in [0.15, 0.2) is 17.2 Å². The third-order valence-corrected chi connectivity index (χ3v) is 4.34. The predicted octanol–water partition coefficient (Wildman–Crippen LogP) is 1.62. The zero-order chi connectivity index (χ0) is 15.6. The van der Waals surface area contributed by atoms with Crippen molar-refractivity contribution >= 4 is 17.2 Å². The standard InChI is InChI=1S/C16H16N6O/c23-16(12-4-2-1-3-5-12)13-6-8-21(9-7-13)15-11-17-10-14-18-19-20-22(14)15/h1-5,10-11,13H,6-9H2. The number of carbonyl (C=O) groups is 1. The van der Waals surface area contributed by atoms with Gasteiger partial charge in [0, 0.05) is 24.6 Å². The maximum atomic E-state index is 12.5. The van der Waals surface area contributed by atoms with Crippen LogP contribution in [0, 0.1) is 5.92 Å². The largest absolute Gasteiger partial charge is 0.355 e. The van der Waals surface area contributed by atoms with E-state index in [2.05, 4.69) is 25.4 Å². The van der Waals surface area contributed by atoms with Crippen molar-refractivity contribution in [2.24, 2.45) is 5.92 Å². The maximum absolute atomic E-state index is 12.5. The minimum Gasteiger partial charge on any atom is -0.355 e. The molecule has 0 bridgehead atoms. The summed E-state index contributed by atoms with van der Waals surface area (Å²) in [4.78, 5) is 18.9. The van der Waals surface area contributed by atoms with Gasteiger partial charge < -0.3 is 4.90 Å². The van der Waals surface area contributed by atoms with Crippen LogP contribution >= 0.6 is 0 Å². The molecule has 0 spiro atoms. The molecule has 1 aliphatic rings. The highest BCUT2D eigenvalue weighted by Crippen LogP contribution is 2.25. The molecule has 0 aliphatic carbocycles. The van der Waals surface area contributed by atoms with E-state index in [0.717, 1.165) is 37.3 Å². The van der Waals surface area contributed by atoms with Gasteiger partial charge in [-0.15, -0.1) is 5.10 Å². The minimum absolute atomic E-state index is 0.0784. The van der Waals surface area contributed by atoms with Gasteiger partial charge in [0.05, 0.1) is 12.4 Å². The number of tetrazole rings is 1. The van der Waals surface area contributed by atoms with Gasteiger partial charge in [-0.3, -0.25) is 9.78 Å². The Morgan fingerprint density at radius 2 is 1.87 bits per heavy atom. The van der Waals surface area contributed by atoms with Crippen molar-refractivity contribution in [3.05, 3.63) is 48.3 Å². The Morgan fingerprint density at radius 3 is 2.65 bits per heavy atom. The lowest BCUT2D eigenvalue weighted by Gasteiger charge is -2.32. The number of aromatic nitrogens is 5. The van der Waals surface area contributed by atoms with Gasteiger partial charge in [0.25, 0.3) is 0 Å². The number of ketones is 1. The number of nitrogens with zero attached hydrogens (tertiary/aromatic N) is 6. The summed E-state index contributed by atoms with van der Waals surface area (Å²) in [5.41, 5.74) is 1.43. The Balaban J connectivity index is 1.49. The fourth-order valence-corrected chi connectivity index (χ4v) is 3.09. The summed E-state index contributed by atoms with van der Waals surface area (Å²) in [7, 11) is 0. The highest BCUT2D eigenvalue weighted by Gasteiger charge is 2.27. The number of anilines is 1. The Labute approximate surface area is 132 Å². The van der Waals surface area contributed by atoms with E-state index in [1.54, 1.807) is 16.9 Å². The Hall–Kier alpha value is -2.83. The first-order chi connectivity index (χ1) is 11.3. The molecule has 0 saturated carbocycles. The summed E-state index contributed by atoms with van der Waals surface area (Å²) >= 11 is 0.